The van der Waals surface area contributed by atoms with Gasteiger partial charge in [0, 0.05) is 36.2 Å². The Bertz CT molecular complexity index is 994. The van der Waals surface area contributed by atoms with E-state index in [4.69, 9.17) is 20.6 Å². The highest BCUT2D eigenvalue weighted by molar-refractivity contribution is 6.08. The van der Waals surface area contributed by atoms with Crippen LogP contribution in [0.1, 0.15) is 23.6 Å². The summed E-state index contributed by atoms with van der Waals surface area (Å²) >= 11 is 0. The molecule has 9 heteroatoms. The number of nitrogens with one attached hydrogen (secondary N) is 3. The molecule has 33 heavy (non-hydrogen) atoms. The number of allylic oxidation sites excluding steroid dienone is 1. The number of rotatable bonds is 12. The topological polar surface area (TPSA) is 113 Å². The highest BCUT2D eigenvalue weighted by Crippen LogP contribution is 2.32. The molecule has 0 spiro atoms. The minimum atomic E-state index is -0.703. The summed E-state index contributed by atoms with van der Waals surface area (Å²) in [5.41, 5.74) is 6.74. The zero-order valence-corrected chi connectivity index (χ0v) is 19.4. The number of carbonyl (C=O) groups excluding carboxylic acids is 1. The van der Waals surface area contributed by atoms with Gasteiger partial charge in [-0.15, -0.1) is 0 Å². The van der Waals surface area contributed by atoms with E-state index in [1.807, 2.05) is 19.0 Å². The lowest BCUT2D eigenvalue weighted by atomic mass is 10.0. The van der Waals surface area contributed by atoms with Gasteiger partial charge in [-0.1, -0.05) is 12.1 Å². The van der Waals surface area contributed by atoms with Crippen LogP contribution in [0.2, 0.25) is 0 Å². The molecule has 0 heterocycles. The number of nitrogens with zero attached hydrogens (tertiary/aromatic N) is 1. The van der Waals surface area contributed by atoms with E-state index >= 15 is 0 Å². The van der Waals surface area contributed by atoms with Crippen LogP contribution in [0.5, 0.6) is 11.5 Å². The van der Waals surface area contributed by atoms with Crippen LogP contribution in [0.3, 0.4) is 0 Å². The first-order chi connectivity index (χ1) is 15.8. The Morgan fingerprint density at radius 1 is 1.30 bits per heavy atom. The molecular weight excluding hydrogens is 425 g/mol. The first-order valence-electron chi connectivity index (χ1n) is 10.5. The average molecular weight is 458 g/mol. The predicted molar refractivity (Wildman–Crippen MR) is 129 cm³/mol. The first kappa shape index (κ1) is 25.8. The van der Waals surface area contributed by atoms with Gasteiger partial charge in [-0.3, -0.25) is 4.79 Å². The molecule has 178 valence electrons. The SMILES string of the molecule is CNC(C(=O)Nc1cc(F)c(/C(C=N)=C/N)cc1OCCCN(C)C)c1cccc(OC)c1. The second kappa shape index (κ2) is 12.6. The summed E-state index contributed by atoms with van der Waals surface area (Å²) in [6.45, 7) is 1.17. The molecule has 0 bridgehead atoms. The molecule has 0 fully saturated rings. The molecule has 0 aliphatic carbocycles. The van der Waals surface area contributed by atoms with E-state index in [1.54, 1.807) is 38.4 Å². The number of methoxy groups -OCH3 is 1. The molecule has 0 aliphatic heterocycles. The van der Waals surface area contributed by atoms with Gasteiger partial charge in [0.1, 0.15) is 23.4 Å². The van der Waals surface area contributed by atoms with E-state index in [0.29, 0.717) is 23.7 Å². The molecule has 0 saturated heterocycles. The molecular formula is C24H32FN5O3. The van der Waals surface area contributed by atoms with Crippen molar-refractivity contribution >= 4 is 23.4 Å². The van der Waals surface area contributed by atoms with Gasteiger partial charge in [-0.05, 0) is 51.3 Å². The third-order valence-electron chi connectivity index (χ3n) is 4.96. The quantitative estimate of drug-likeness (QED) is 0.288. The van der Waals surface area contributed by atoms with E-state index in [0.717, 1.165) is 25.4 Å². The van der Waals surface area contributed by atoms with Crippen LogP contribution in [0.25, 0.3) is 5.57 Å². The Hall–Kier alpha value is -3.43. The molecule has 8 nitrogen and oxygen atoms in total. The number of anilines is 1. The highest BCUT2D eigenvalue weighted by Gasteiger charge is 2.22. The maximum Gasteiger partial charge on any atom is 0.246 e. The van der Waals surface area contributed by atoms with Crippen LogP contribution in [0.4, 0.5) is 10.1 Å². The molecule has 2 aromatic carbocycles. The number of nitrogens with two attached hydrogens (primary N) is 1. The summed E-state index contributed by atoms with van der Waals surface area (Å²) in [4.78, 5) is 15.1. The number of benzene rings is 2. The Kier molecular flexibility index (Phi) is 9.84. The number of hydrogen-bond donors (Lipinski definition) is 4. The summed E-state index contributed by atoms with van der Waals surface area (Å²) in [7, 11) is 7.13. The average Bonchev–Trinajstić information content (AvgIpc) is 2.80. The van der Waals surface area contributed by atoms with E-state index in [1.165, 1.54) is 12.1 Å². The molecule has 5 N–H and O–H groups in total. The van der Waals surface area contributed by atoms with Crippen molar-refractivity contribution in [2.24, 2.45) is 5.73 Å². The normalized spacial score (nSPS) is 12.4. The summed E-state index contributed by atoms with van der Waals surface area (Å²) in [5.74, 6) is -0.111. The molecule has 1 amide bonds. The molecule has 1 unspecified atom stereocenters. The number of carbonyl (C=O) groups is 1. The van der Waals surface area contributed by atoms with Crippen molar-refractivity contribution in [3.8, 4) is 11.5 Å². The van der Waals surface area contributed by atoms with Crippen molar-refractivity contribution in [2.75, 3.05) is 46.7 Å². The van der Waals surface area contributed by atoms with Crippen molar-refractivity contribution in [3.63, 3.8) is 0 Å². The summed E-state index contributed by atoms with van der Waals surface area (Å²) < 4.78 is 26.0. The van der Waals surface area contributed by atoms with E-state index in [2.05, 4.69) is 10.6 Å². The van der Waals surface area contributed by atoms with Crippen molar-refractivity contribution in [3.05, 3.63) is 59.5 Å². The maximum absolute atomic E-state index is 14.9. The van der Waals surface area contributed by atoms with Gasteiger partial charge in [0.15, 0.2) is 0 Å². The standard InChI is InChI=1S/C24H32FN5O3/c1-28-23(16-7-5-8-18(11-16)32-4)24(31)29-21-13-20(25)19(17(14-26)15-27)12-22(21)33-10-6-9-30(2)3/h5,7-8,11-15,23,26,28H,6,9-10,27H2,1-4H3,(H,29,31)/b17-15+,26-14?. The van der Waals surface area contributed by atoms with Crippen molar-refractivity contribution in [2.45, 2.75) is 12.5 Å². The summed E-state index contributed by atoms with van der Waals surface area (Å²) in [6.07, 6.45) is 2.85. The molecule has 2 rings (SSSR count). The number of likely N-dealkylation sites (N-methyl/N-ethyl adjacent to an activating group) is 1. The summed E-state index contributed by atoms with van der Waals surface area (Å²) in [6, 6.07) is 9.06. The molecule has 0 radical (unpaired) electrons. The number of amides is 1. The van der Waals surface area contributed by atoms with Gasteiger partial charge in [-0.25, -0.2) is 4.39 Å². The third kappa shape index (κ3) is 7.03. The van der Waals surface area contributed by atoms with Crippen LogP contribution in [-0.4, -0.2) is 58.4 Å². The number of ether oxygens (including phenoxy) is 2. The van der Waals surface area contributed by atoms with Gasteiger partial charge in [-0.2, -0.15) is 0 Å². The summed E-state index contributed by atoms with van der Waals surface area (Å²) in [5, 5.41) is 13.2. The van der Waals surface area contributed by atoms with Gasteiger partial charge in [0.2, 0.25) is 5.91 Å². The molecule has 0 aliphatic rings. The van der Waals surface area contributed by atoms with Crippen LogP contribution in [0, 0.1) is 11.2 Å². The lowest BCUT2D eigenvalue weighted by Crippen LogP contribution is -2.31. The van der Waals surface area contributed by atoms with Gasteiger partial charge in [0.25, 0.3) is 0 Å². The second-order valence-electron chi connectivity index (χ2n) is 7.59. The third-order valence-corrected chi connectivity index (χ3v) is 4.96. The monoisotopic (exact) mass is 457 g/mol. The van der Waals surface area contributed by atoms with Crippen LogP contribution >= 0.6 is 0 Å². The molecule has 0 aromatic heterocycles. The van der Waals surface area contributed by atoms with Crippen LogP contribution in [0.15, 0.2) is 42.6 Å². The Morgan fingerprint density at radius 3 is 2.67 bits per heavy atom. The number of halogens is 1. The van der Waals surface area contributed by atoms with Gasteiger partial charge < -0.3 is 36.2 Å². The fourth-order valence-corrected chi connectivity index (χ4v) is 3.25. The Labute approximate surface area is 194 Å². The second-order valence-corrected chi connectivity index (χ2v) is 7.59. The van der Waals surface area contributed by atoms with Crippen LogP contribution < -0.4 is 25.8 Å². The van der Waals surface area contributed by atoms with E-state index in [9.17, 15) is 9.18 Å². The Balaban J connectivity index is 2.35. The largest absolute Gasteiger partial charge is 0.497 e. The molecule has 2 aromatic rings. The fraction of sp³-hybridized carbons (Fsp3) is 0.333. The van der Waals surface area contributed by atoms with Gasteiger partial charge in [0.05, 0.1) is 19.4 Å². The lowest BCUT2D eigenvalue weighted by molar-refractivity contribution is -0.118. The van der Waals surface area contributed by atoms with Crippen molar-refractivity contribution < 1.29 is 18.7 Å². The molecule has 0 saturated carbocycles. The van der Waals surface area contributed by atoms with E-state index < -0.39 is 17.8 Å². The maximum atomic E-state index is 14.9. The lowest BCUT2D eigenvalue weighted by Gasteiger charge is -2.20. The minimum Gasteiger partial charge on any atom is -0.497 e. The Morgan fingerprint density at radius 2 is 2.06 bits per heavy atom. The smallest absolute Gasteiger partial charge is 0.246 e. The minimum absolute atomic E-state index is 0.117. The van der Waals surface area contributed by atoms with Crippen molar-refractivity contribution in [1.82, 2.24) is 10.2 Å². The molecule has 1 atom stereocenters. The highest BCUT2D eigenvalue weighted by atomic mass is 19.1. The van der Waals surface area contributed by atoms with Crippen LogP contribution in [-0.2, 0) is 4.79 Å². The van der Waals surface area contributed by atoms with Crippen molar-refractivity contribution in [1.29, 1.82) is 5.41 Å². The van der Waals surface area contributed by atoms with E-state index in [-0.39, 0.29) is 16.8 Å². The zero-order valence-electron chi connectivity index (χ0n) is 19.4. The predicted octanol–water partition coefficient (Wildman–Crippen LogP) is 3.01. The fourth-order valence-electron chi connectivity index (χ4n) is 3.25. The first-order valence-corrected chi connectivity index (χ1v) is 10.5. The zero-order chi connectivity index (χ0) is 24.4. The number of hydrogen-bond acceptors (Lipinski definition) is 7. The van der Waals surface area contributed by atoms with Gasteiger partial charge >= 0.3 is 0 Å².